The molecule has 0 unspecified atom stereocenters. The molecule has 0 bridgehead atoms. The Labute approximate surface area is 98.6 Å². The molecule has 0 heterocycles. The molecule has 0 fully saturated rings. The van der Waals surface area contributed by atoms with Crippen LogP contribution in [0.2, 0.25) is 0 Å². The van der Waals surface area contributed by atoms with Gasteiger partial charge < -0.3 is 9.47 Å². The van der Waals surface area contributed by atoms with Crippen molar-refractivity contribution in [1.82, 2.24) is 0 Å². The quantitative estimate of drug-likeness (QED) is 0.785. The normalized spacial score (nSPS) is 9.71. The highest BCUT2D eigenvalue weighted by molar-refractivity contribution is 9.13. The van der Waals surface area contributed by atoms with Crippen LogP contribution in [0.25, 0.3) is 0 Å². The molecule has 0 saturated carbocycles. The minimum Gasteiger partial charge on any atom is -0.496 e. The number of esters is 1. The van der Waals surface area contributed by atoms with E-state index in [9.17, 15) is 4.79 Å². The first-order chi connectivity index (χ1) is 6.60. The molecule has 0 N–H and O–H groups in total. The van der Waals surface area contributed by atoms with E-state index < -0.39 is 5.97 Å². The van der Waals surface area contributed by atoms with Crippen LogP contribution in [0.1, 0.15) is 10.4 Å². The fraction of sp³-hybridized carbons (Fsp3) is 0.222. The van der Waals surface area contributed by atoms with Crippen LogP contribution >= 0.6 is 31.9 Å². The lowest BCUT2D eigenvalue weighted by molar-refractivity contribution is 0.0597. The number of halogens is 2. The van der Waals surface area contributed by atoms with Crippen molar-refractivity contribution in [3.8, 4) is 5.75 Å². The van der Waals surface area contributed by atoms with Gasteiger partial charge in [-0.1, -0.05) is 0 Å². The zero-order valence-corrected chi connectivity index (χ0v) is 10.8. The molecule has 0 radical (unpaired) electrons. The van der Waals surface area contributed by atoms with Gasteiger partial charge in [0.15, 0.2) is 0 Å². The van der Waals surface area contributed by atoms with Crippen LogP contribution in [0.4, 0.5) is 0 Å². The standard InChI is InChI=1S/C9H8Br2O3/c1-13-8-4-7(11)6(10)3-5(8)9(12)14-2/h3-4H,1-2H3. The topological polar surface area (TPSA) is 35.5 Å². The molecule has 0 spiro atoms. The fourth-order valence-electron chi connectivity index (χ4n) is 0.967. The van der Waals surface area contributed by atoms with Crippen molar-refractivity contribution in [2.24, 2.45) is 0 Å². The fourth-order valence-corrected chi connectivity index (χ4v) is 1.63. The Kier molecular flexibility index (Phi) is 3.95. The third-order valence-corrected chi connectivity index (χ3v) is 3.49. The van der Waals surface area contributed by atoms with E-state index in [1.54, 1.807) is 12.1 Å². The Bertz CT molecular complexity index is 363. The number of carbonyl (C=O) groups is 1. The molecule has 0 amide bonds. The van der Waals surface area contributed by atoms with E-state index in [0.29, 0.717) is 11.3 Å². The van der Waals surface area contributed by atoms with Gasteiger partial charge in [-0.15, -0.1) is 0 Å². The summed E-state index contributed by atoms with van der Waals surface area (Å²) in [4.78, 5) is 11.3. The molecule has 0 atom stereocenters. The van der Waals surface area contributed by atoms with Crippen molar-refractivity contribution in [2.75, 3.05) is 14.2 Å². The van der Waals surface area contributed by atoms with Crippen LogP contribution in [0.15, 0.2) is 21.1 Å². The van der Waals surface area contributed by atoms with Gasteiger partial charge in [0.1, 0.15) is 11.3 Å². The summed E-state index contributed by atoms with van der Waals surface area (Å²) < 4.78 is 11.3. The molecule has 0 saturated heterocycles. The maximum absolute atomic E-state index is 11.3. The zero-order chi connectivity index (χ0) is 10.7. The third-order valence-electron chi connectivity index (χ3n) is 1.65. The highest BCUT2D eigenvalue weighted by Gasteiger charge is 2.14. The minimum atomic E-state index is -0.421. The molecule has 5 heteroatoms. The number of rotatable bonds is 2. The van der Waals surface area contributed by atoms with Gasteiger partial charge in [-0.2, -0.15) is 0 Å². The summed E-state index contributed by atoms with van der Waals surface area (Å²) in [6, 6.07) is 3.35. The van der Waals surface area contributed by atoms with Crippen molar-refractivity contribution < 1.29 is 14.3 Å². The number of benzene rings is 1. The summed E-state index contributed by atoms with van der Waals surface area (Å²) >= 11 is 6.61. The van der Waals surface area contributed by atoms with Crippen molar-refractivity contribution >= 4 is 37.8 Å². The molecule has 0 aliphatic rings. The second-order valence-corrected chi connectivity index (χ2v) is 4.17. The summed E-state index contributed by atoms with van der Waals surface area (Å²) in [5.41, 5.74) is 0.394. The maximum Gasteiger partial charge on any atom is 0.341 e. The van der Waals surface area contributed by atoms with E-state index in [-0.39, 0.29) is 0 Å². The smallest absolute Gasteiger partial charge is 0.341 e. The number of ether oxygens (including phenoxy) is 2. The van der Waals surface area contributed by atoms with E-state index in [2.05, 4.69) is 36.6 Å². The van der Waals surface area contributed by atoms with E-state index in [1.165, 1.54) is 14.2 Å². The van der Waals surface area contributed by atoms with Gasteiger partial charge in [-0.25, -0.2) is 4.79 Å². The Morgan fingerprint density at radius 2 is 1.79 bits per heavy atom. The first kappa shape index (κ1) is 11.5. The molecule has 1 rings (SSSR count). The van der Waals surface area contributed by atoms with Crippen molar-refractivity contribution in [3.05, 3.63) is 26.6 Å². The van der Waals surface area contributed by atoms with Crippen molar-refractivity contribution in [2.45, 2.75) is 0 Å². The molecule has 1 aromatic carbocycles. The average molecular weight is 324 g/mol. The molecule has 14 heavy (non-hydrogen) atoms. The van der Waals surface area contributed by atoms with Crippen LogP contribution in [0, 0.1) is 0 Å². The van der Waals surface area contributed by atoms with Gasteiger partial charge in [-0.3, -0.25) is 0 Å². The molecule has 0 aromatic heterocycles. The monoisotopic (exact) mass is 322 g/mol. The molecule has 0 aliphatic carbocycles. The number of hydrogen-bond acceptors (Lipinski definition) is 3. The van der Waals surface area contributed by atoms with E-state index in [1.807, 2.05) is 0 Å². The lowest BCUT2D eigenvalue weighted by Crippen LogP contribution is -2.04. The molecular weight excluding hydrogens is 316 g/mol. The van der Waals surface area contributed by atoms with Crippen LogP contribution in [0.5, 0.6) is 5.75 Å². The Balaban J connectivity index is 3.27. The van der Waals surface area contributed by atoms with Gasteiger partial charge in [-0.05, 0) is 44.0 Å². The molecule has 3 nitrogen and oxygen atoms in total. The summed E-state index contributed by atoms with van der Waals surface area (Å²) in [7, 11) is 2.83. The number of hydrogen-bond donors (Lipinski definition) is 0. The summed E-state index contributed by atoms with van der Waals surface area (Å²) in [6.07, 6.45) is 0. The zero-order valence-electron chi connectivity index (χ0n) is 7.64. The molecular formula is C9H8Br2O3. The van der Waals surface area contributed by atoms with E-state index >= 15 is 0 Å². The summed E-state index contributed by atoms with van der Waals surface area (Å²) in [6.45, 7) is 0. The van der Waals surface area contributed by atoms with Crippen LogP contribution in [-0.2, 0) is 4.74 Å². The van der Waals surface area contributed by atoms with Gasteiger partial charge in [0.05, 0.1) is 14.2 Å². The van der Waals surface area contributed by atoms with E-state index in [4.69, 9.17) is 4.74 Å². The highest BCUT2D eigenvalue weighted by Crippen LogP contribution is 2.31. The van der Waals surface area contributed by atoms with Crippen molar-refractivity contribution in [1.29, 1.82) is 0 Å². The van der Waals surface area contributed by atoms with Gasteiger partial charge >= 0.3 is 5.97 Å². The predicted molar refractivity (Wildman–Crippen MR) is 59.7 cm³/mol. The van der Waals surface area contributed by atoms with Crippen molar-refractivity contribution in [3.63, 3.8) is 0 Å². The van der Waals surface area contributed by atoms with Gasteiger partial charge in [0, 0.05) is 8.95 Å². The SMILES string of the molecule is COC(=O)c1cc(Br)c(Br)cc1OC. The van der Waals surface area contributed by atoms with Gasteiger partial charge in [0.25, 0.3) is 0 Å². The van der Waals surface area contributed by atoms with Crippen LogP contribution in [0.3, 0.4) is 0 Å². The van der Waals surface area contributed by atoms with Crippen LogP contribution < -0.4 is 4.74 Å². The maximum atomic E-state index is 11.3. The molecule has 0 aliphatic heterocycles. The second-order valence-electron chi connectivity index (χ2n) is 2.46. The molecule has 1 aromatic rings. The summed E-state index contributed by atoms with van der Waals surface area (Å²) in [5, 5.41) is 0. The minimum absolute atomic E-state index is 0.394. The number of methoxy groups -OCH3 is 2. The second kappa shape index (κ2) is 4.79. The lowest BCUT2D eigenvalue weighted by atomic mass is 10.2. The third kappa shape index (κ3) is 2.27. The first-order valence-corrected chi connectivity index (χ1v) is 5.30. The van der Waals surface area contributed by atoms with E-state index in [0.717, 1.165) is 8.95 Å². The Hall–Kier alpha value is -0.550. The lowest BCUT2D eigenvalue weighted by Gasteiger charge is -2.08. The number of carbonyl (C=O) groups excluding carboxylic acids is 1. The Morgan fingerprint density at radius 1 is 1.21 bits per heavy atom. The van der Waals surface area contributed by atoms with Crippen LogP contribution in [-0.4, -0.2) is 20.2 Å². The Morgan fingerprint density at radius 3 is 2.29 bits per heavy atom. The average Bonchev–Trinajstić information content (AvgIpc) is 2.20. The highest BCUT2D eigenvalue weighted by atomic mass is 79.9. The first-order valence-electron chi connectivity index (χ1n) is 3.71. The summed E-state index contributed by atoms with van der Waals surface area (Å²) in [5.74, 6) is 0.0574. The largest absolute Gasteiger partial charge is 0.496 e. The molecule has 76 valence electrons. The predicted octanol–water partition coefficient (Wildman–Crippen LogP) is 3.01. The van der Waals surface area contributed by atoms with Gasteiger partial charge in [0.2, 0.25) is 0 Å².